The van der Waals surface area contributed by atoms with E-state index in [1.54, 1.807) is 6.07 Å². The molecule has 2 fully saturated rings. The zero-order chi connectivity index (χ0) is 16.1. The second-order valence-electron chi connectivity index (χ2n) is 6.04. The van der Waals surface area contributed by atoms with E-state index in [1.807, 2.05) is 6.07 Å². The molecule has 0 saturated carbocycles. The van der Waals surface area contributed by atoms with Gasteiger partial charge in [-0.1, -0.05) is 6.92 Å². The molecule has 23 heavy (non-hydrogen) atoms. The third-order valence-corrected chi connectivity index (χ3v) is 4.54. The van der Waals surface area contributed by atoms with Crippen molar-refractivity contribution < 1.29 is 9.53 Å². The minimum absolute atomic E-state index is 0.140. The topological polar surface area (TPSA) is 70.6 Å². The molecule has 0 bridgehead atoms. The Morgan fingerprint density at radius 1 is 1.30 bits per heavy atom. The van der Waals surface area contributed by atoms with Crippen LogP contribution in [0.25, 0.3) is 0 Å². The van der Waals surface area contributed by atoms with Gasteiger partial charge in [0.15, 0.2) is 11.5 Å². The number of hydrogen-bond acceptors (Lipinski definition) is 6. The molecule has 2 aliphatic heterocycles. The highest BCUT2D eigenvalue weighted by molar-refractivity contribution is 5.92. The van der Waals surface area contributed by atoms with Gasteiger partial charge in [-0.2, -0.15) is 0 Å². The van der Waals surface area contributed by atoms with Gasteiger partial charge >= 0.3 is 0 Å². The average molecular weight is 319 g/mol. The molecule has 7 nitrogen and oxygen atoms in total. The van der Waals surface area contributed by atoms with Gasteiger partial charge in [-0.3, -0.25) is 4.79 Å². The smallest absolute Gasteiger partial charge is 0.271 e. The molecule has 7 heteroatoms. The van der Waals surface area contributed by atoms with Gasteiger partial charge in [0.05, 0.1) is 6.10 Å². The minimum atomic E-state index is -0.185. The average Bonchev–Trinajstić information content (AvgIpc) is 3.13. The Labute approximate surface area is 137 Å². The van der Waals surface area contributed by atoms with Crippen molar-refractivity contribution in [2.75, 3.05) is 50.8 Å². The van der Waals surface area contributed by atoms with Crippen LogP contribution in [0.4, 0.5) is 5.82 Å². The Hall–Kier alpha value is -1.73. The Balaban J connectivity index is 1.51. The van der Waals surface area contributed by atoms with Crippen LogP contribution in [0.15, 0.2) is 12.1 Å². The normalized spacial score (nSPS) is 22.3. The number of carbonyl (C=O) groups excluding carboxylic acids is 1. The lowest BCUT2D eigenvalue weighted by atomic mass is 10.2. The Bertz CT molecular complexity index is 508. The van der Waals surface area contributed by atoms with Crippen LogP contribution in [-0.4, -0.2) is 73.0 Å². The van der Waals surface area contributed by atoms with Gasteiger partial charge in [0.25, 0.3) is 5.91 Å². The van der Waals surface area contributed by atoms with Crippen LogP contribution < -0.4 is 10.2 Å². The number of anilines is 1. The van der Waals surface area contributed by atoms with Gasteiger partial charge in [0.2, 0.25) is 0 Å². The number of piperazine rings is 1. The van der Waals surface area contributed by atoms with Crippen molar-refractivity contribution in [2.24, 2.45) is 0 Å². The molecule has 1 N–H and O–H groups in total. The molecule has 126 valence electrons. The molecule has 2 aliphatic rings. The molecule has 0 aliphatic carbocycles. The first-order valence-corrected chi connectivity index (χ1v) is 8.47. The number of carbonyl (C=O) groups is 1. The summed E-state index contributed by atoms with van der Waals surface area (Å²) in [5, 5.41) is 11.2. The summed E-state index contributed by atoms with van der Waals surface area (Å²) in [7, 11) is 0. The highest BCUT2D eigenvalue weighted by Gasteiger charge is 2.19. The predicted octanol–water partition coefficient (Wildman–Crippen LogP) is 0.527. The Kier molecular flexibility index (Phi) is 5.40. The maximum Gasteiger partial charge on any atom is 0.271 e. The lowest BCUT2D eigenvalue weighted by Crippen LogP contribution is -2.46. The molecule has 0 spiro atoms. The number of hydrogen-bond donors (Lipinski definition) is 1. The van der Waals surface area contributed by atoms with Gasteiger partial charge in [-0.15, -0.1) is 10.2 Å². The molecule has 1 amide bonds. The third kappa shape index (κ3) is 4.17. The summed E-state index contributed by atoms with van der Waals surface area (Å²) in [6.45, 7) is 8.59. The molecule has 3 rings (SSSR count). The van der Waals surface area contributed by atoms with E-state index < -0.39 is 0 Å². The van der Waals surface area contributed by atoms with Crippen molar-refractivity contribution in [2.45, 2.75) is 25.9 Å². The van der Waals surface area contributed by atoms with Gasteiger partial charge in [-0.25, -0.2) is 0 Å². The largest absolute Gasteiger partial charge is 0.376 e. The standard InChI is InChI=1S/C16H25N5O2/c1-2-20-7-9-21(10-8-20)15-6-5-14(18-19-15)16(22)17-12-13-4-3-11-23-13/h5-6,13H,2-4,7-12H2,1H3,(H,17,22). The maximum absolute atomic E-state index is 12.1. The van der Waals surface area contributed by atoms with Crippen LogP contribution in [0.2, 0.25) is 0 Å². The number of likely N-dealkylation sites (N-methyl/N-ethyl adjacent to an activating group) is 1. The number of nitrogens with one attached hydrogen (secondary N) is 1. The molecule has 0 aromatic carbocycles. The minimum Gasteiger partial charge on any atom is -0.376 e. The van der Waals surface area contributed by atoms with E-state index in [4.69, 9.17) is 4.74 Å². The maximum atomic E-state index is 12.1. The van der Waals surface area contributed by atoms with Gasteiger partial charge < -0.3 is 19.9 Å². The first kappa shape index (κ1) is 16.1. The van der Waals surface area contributed by atoms with Gasteiger partial charge in [0.1, 0.15) is 0 Å². The first-order valence-electron chi connectivity index (χ1n) is 8.47. The molecule has 1 aromatic rings. The zero-order valence-electron chi connectivity index (χ0n) is 13.7. The molecular formula is C16H25N5O2. The first-order chi connectivity index (χ1) is 11.3. The number of aromatic nitrogens is 2. The van der Waals surface area contributed by atoms with Crippen molar-refractivity contribution in [1.29, 1.82) is 0 Å². The van der Waals surface area contributed by atoms with E-state index in [2.05, 4.69) is 32.2 Å². The van der Waals surface area contributed by atoms with Crippen molar-refractivity contribution in [3.05, 3.63) is 17.8 Å². The summed E-state index contributed by atoms with van der Waals surface area (Å²) < 4.78 is 5.49. The van der Waals surface area contributed by atoms with E-state index in [-0.39, 0.29) is 12.0 Å². The fraction of sp³-hybridized carbons (Fsp3) is 0.688. The van der Waals surface area contributed by atoms with Crippen molar-refractivity contribution >= 4 is 11.7 Å². The summed E-state index contributed by atoms with van der Waals surface area (Å²) in [5.74, 6) is 0.659. The monoisotopic (exact) mass is 319 g/mol. The Morgan fingerprint density at radius 3 is 2.74 bits per heavy atom. The lowest BCUT2D eigenvalue weighted by Gasteiger charge is -2.34. The second-order valence-corrected chi connectivity index (χ2v) is 6.04. The summed E-state index contributed by atoms with van der Waals surface area (Å²) in [5.41, 5.74) is 0.360. The van der Waals surface area contributed by atoms with Crippen LogP contribution in [0, 0.1) is 0 Å². The molecule has 2 saturated heterocycles. The number of amides is 1. The SMILES string of the molecule is CCN1CCN(c2ccc(C(=O)NCC3CCCO3)nn2)CC1. The highest BCUT2D eigenvalue weighted by atomic mass is 16.5. The second kappa shape index (κ2) is 7.70. The number of rotatable bonds is 5. The van der Waals surface area contributed by atoms with Crippen LogP contribution in [0.1, 0.15) is 30.3 Å². The van der Waals surface area contributed by atoms with Crippen LogP contribution in [-0.2, 0) is 4.74 Å². The summed E-state index contributed by atoms with van der Waals surface area (Å²) in [6.07, 6.45) is 2.22. The van der Waals surface area contributed by atoms with Crippen molar-refractivity contribution in [1.82, 2.24) is 20.4 Å². The molecule has 0 radical (unpaired) electrons. The summed E-state index contributed by atoms with van der Waals surface area (Å²) in [6, 6.07) is 3.63. The molecule has 1 unspecified atom stereocenters. The van der Waals surface area contributed by atoms with Crippen molar-refractivity contribution in [3.63, 3.8) is 0 Å². The fourth-order valence-corrected chi connectivity index (χ4v) is 3.01. The van der Waals surface area contributed by atoms with E-state index in [9.17, 15) is 4.79 Å². The number of ether oxygens (including phenoxy) is 1. The molecular weight excluding hydrogens is 294 g/mol. The van der Waals surface area contributed by atoms with Gasteiger partial charge in [-0.05, 0) is 31.5 Å². The summed E-state index contributed by atoms with van der Waals surface area (Å²) in [4.78, 5) is 16.7. The van der Waals surface area contributed by atoms with Crippen LogP contribution in [0.3, 0.4) is 0 Å². The van der Waals surface area contributed by atoms with E-state index in [0.29, 0.717) is 12.2 Å². The quantitative estimate of drug-likeness (QED) is 0.853. The zero-order valence-corrected chi connectivity index (χ0v) is 13.7. The van der Waals surface area contributed by atoms with Crippen LogP contribution in [0.5, 0.6) is 0 Å². The van der Waals surface area contributed by atoms with E-state index in [1.165, 1.54) is 0 Å². The predicted molar refractivity (Wildman–Crippen MR) is 87.7 cm³/mol. The Morgan fingerprint density at radius 2 is 2.13 bits per heavy atom. The number of nitrogens with zero attached hydrogens (tertiary/aromatic N) is 4. The lowest BCUT2D eigenvalue weighted by molar-refractivity contribution is 0.0853. The van der Waals surface area contributed by atoms with Gasteiger partial charge in [0, 0.05) is 39.3 Å². The van der Waals surface area contributed by atoms with E-state index in [0.717, 1.165) is 58.0 Å². The van der Waals surface area contributed by atoms with Crippen LogP contribution >= 0.6 is 0 Å². The fourth-order valence-electron chi connectivity index (χ4n) is 3.01. The molecule has 3 heterocycles. The third-order valence-electron chi connectivity index (χ3n) is 4.54. The molecule has 1 atom stereocenters. The highest BCUT2D eigenvalue weighted by Crippen LogP contribution is 2.13. The van der Waals surface area contributed by atoms with E-state index >= 15 is 0 Å². The van der Waals surface area contributed by atoms with Crippen molar-refractivity contribution in [3.8, 4) is 0 Å². The molecule has 1 aromatic heterocycles. The summed E-state index contributed by atoms with van der Waals surface area (Å²) >= 11 is 0.